The Bertz CT molecular complexity index is 1850. The number of aromatic hydroxyl groups is 1. The Morgan fingerprint density at radius 3 is 2.26 bits per heavy atom. The van der Waals surface area contributed by atoms with Crippen LogP contribution < -0.4 is 15.8 Å². The Labute approximate surface area is 326 Å². The molecular weight excluding hydrogens is 714 g/mol. The second-order valence-electron chi connectivity index (χ2n) is 14.3. The molecule has 6 atom stereocenters. The molecule has 1 saturated carbocycles. The number of halogens is 4. The van der Waals surface area contributed by atoms with Crippen molar-refractivity contribution < 1.29 is 64.5 Å². The number of fused-ring (bicyclic) bond motifs is 2. The number of rotatable bonds is 8. The fourth-order valence-corrected chi connectivity index (χ4v) is 7.53. The first-order valence-corrected chi connectivity index (χ1v) is 17.6. The minimum atomic E-state index is -1.32. The number of amides is 2. The van der Waals surface area contributed by atoms with Crippen molar-refractivity contribution in [3.8, 4) is 11.5 Å². The first kappa shape index (κ1) is 35.3. The average Bonchev–Trinajstić information content (AvgIpc) is 4.11. The van der Waals surface area contributed by atoms with E-state index in [1.165, 1.54) is 23.0 Å². The van der Waals surface area contributed by atoms with Crippen LogP contribution in [0.1, 0.15) is 70.9 Å². The number of aliphatic imine (C=N–C) groups is 1. The van der Waals surface area contributed by atoms with Crippen LogP contribution in [0.4, 0.5) is 17.6 Å². The molecule has 2 aromatic rings. The summed E-state index contributed by atoms with van der Waals surface area (Å²) < 4.78 is 120. The predicted molar refractivity (Wildman–Crippen MR) is 201 cm³/mol. The van der Waals surface area contributed by atoms with Gasteiger partial charge in [-0.05, 0) is 50.2 Å². The summed E-state index contributed by atoms with van der Waals surface area (Å²) >= 11 is 0. The van der Waals surface area contributed by atoms with Gasteiger partial charge < -0.3 is 40.0 Å². The van der Waals surface area contributed by atoms with Crippen LogP contribution in [0, 0.1) is 41.0 Å². The van der Waals surface area contributed by atoms with Crippen molar-refractivity contribution in [2.75, 3.05) is 47.6 Å². The molecular formula is C38H59F4N5O7. The van der Waals surface area contributed by atoms with Gasteiger partial charge in [-0.15, -0.1) is 0 Å². The Morgan fingerprint density at radius 1 is 0.963 bits per heavy atom. The van der Waals surface area contributed by atoms with Crippen molar-refractivity contribution >= 4 is 17.8 Å². The quantitative estimate of drug-likeness (QED) is 0.280. The highest BCUT2D eigenvalue weighted by Crippen LogP contribution is 2.48. The van der Waals surface area contributed by atoms with Crippen LogP contribution in [0.5, 0.6) is 11.5 Å². The number of carbonyl (C=O) groups is 2. The molecule has 0 unspecified atom stereocenters. The summed E-state index contributed by atoms with van der Waals surface area (Å²) in [5.74, 6) is -5.35. The molecule has 4 heterocycles. The number of methoxy groups -OCH3 is 1. The number of hydrogen-bond donors (Lipinski definition) is 3. The Morgan fingerprint density at radius 2 is 1.59 bits per heavy atom. The number of guanidine groups is 1. The SMILES string of the molecule is C.C=C1N[C@@]2(c3cc(O)c(F)cc3F)CO[C@@H](COC)C[C@H]2C(=O)N1C.CC[C@H]1C[C@H]2C(=O)N(C)C(N)=N[C@@]2(c2cc(OCC3CC3)c(F)cc2F)CO1.[2HH].[2H][2H].[2H][2H].[2H][2H].[2H][2H]. The van der Waals surface area contributed by atoms with Crippen LogP contribution in [0.3, 0.4) is 0 Å². The van der Waals surface area contributed by atoms with E-state index in [1.54, 1.807) is 14.1 Å². The van der Waals surface area contributed by atoms with Gasteiger partial charge in [-0.25, -0.2) is 22.6 Å². The lowest BCUT2D eigenvalue weighted by molar-refractivity contribution is -0.157. The van der Waals surface area contributed by atoms with Crippen LogP contribution in [-0.2, 0) is 34.9 Å². The molecule has 1 aliphatic carbocycles. The first-order valence-electron chi connectivity index (χ1n) is 21.6. The highest BCUT2D eigenvalue weighted by Gasteiger charge is 2.56. The second-order valence-corrected chi connectivity index (χ2v) is 14.3. The van der Waals surface area contributed by atoms with Gasteiger partial charge in [0.2, 0.25) is 11.8 Å². The standard InChI is InChI=1S/C20H25F2N3O3.C17H20F2N2O4.CH4.5H2/c1-3-12-6-14-18(26)25(2)19(23)24-20(14,10-28-12)13-7-17(16(22)8-15(13)21)27-9-11-4-5-11;1-9-20-17(11-5-15(22)14(19)6-13(11)18)8-25-10(7-24-3)4-12(17)16(23)21(9)2;;;;;;/h7-8,11-12,14H,3-6,9-10H2,1-2H3,(H2,23,24);5-6,10,12,20,22H,1,4,7-8H2,2-3H3;1H4;5*1H/t12-,14-,20+;10-,12+,17-;;;;;;/m01....../s1/i;;;4*1+1D;1+1. The number of nitrogens with two attached hydrogens (primary N) is 1. The van der Waals surface area contributed by atoms with Crippen LogP contribution in [0.2, 0.25) is 0 Å². The van der Waals surface area contributed by atoms with Crippen LogP contribution in [0.15, 0.2) is 41.7 Å². The summed E-state index contributed by atoms with van der Waals surface area (Å²) in [5.41, 5.74) is 3.41. The predicted octanol–water partition coefficient (Wildman–Crippen LogP) is 5.87. The molecule has 54 heavy (non-hydrogen) atoms. The fraction of sp³-hybridized carbons (Fsp3) is 0.553. The first-order chi connectivity index (χ1) is 29.1. The molecule has 3 saturated heterocycles. The molecule has 2 amide bonds. The second kappa shape index (κ2) is 15.7. The maximum absolute atomic E-state index is 14.9. The smallest absolute Gasteiger partial charge is 0.235 e. The van der Waals surface area contributed by atoms with Crippen molar-refractivity contribution in [1.82, 2.24) is 15.1 Å². The lowest BCUT2D eigenvalue weighted by Crippen LogP contribution is -2.66. The van der Waals surface area contributed by atoms with Gasteiger partial charge in [0.25, 0.3) is 0 Å². The average molecular weight is 783 g/mol. The Hall–Kier alpha value is -4.41. The maximum Gasteiger partial charge on any atom is 0.235 e. The number of nitrogens with zero attached hydrogens (tertiary/aromatic N) is 3. The molecule has 0 radical (unpaired) electrons. The summed E-state index contributed by atoms with van der Waals surface area (Å²) in [6, 6.07) is 3.72. The normalized spacial score (nSPS) is 29.8. The third-order valence-electron chi connectivity index (χ3n) is 10.9. The Balaban J connectivity index is 0.00000103. The summed E-state index contributed by atoms with van der Waals surface area (Å²) in [4.78, 5) is 33.0. The molecule has 4 aliphatic heterocycles. The minimum absolute atomic E-state index is 0. The van der Waals surface area contributed by atoms with Crippen molar-refractivity contribution in [3.63, 3.8) is 0 Å². The Kier molecular flexibility index (Phi) is 10.3. The van der Waals surface area contributed by atoms with E-state index in [9.17, 15) is 32.3 Å². The zero-order valence-electron chi connectivity index (χ0n) is 38.1. The number of carbonyl (C=O) groups excluding carboxylic acids is 2. The van der Waals surface area contributed by atoms with E-state index in [-0.39, 0.29) is 81.2 Å². The van der Waals surface area contributed by atoms with Gasteiger partial charge in [-0.1, -0.05) is 20.9 Å². The highest BCUT2D eigenvalue weighted by molar-refractivity contribution is 6.00. The van der Waals surface area contributed by atoms with E-state index < -0.39 is 51.9 Å². The largest absolute Gasteiger partial charge is 0.505 e. The summed E-state index contributed by atoms with van der Waals surface area (Å²) in [5, 5.41) is 12.8. The molecule has 2 aromatic carbocycles. The molecule has 12 nitrogen and oxygen atoms in total. The van der Waals surface area contributed by atoms with Gasteiger partial charge in [0.15, 0.2) is 29.1 Å². The van der Waals surface area contributed by atoms with Crippen LogP contribution in [-0.4, -0.2) is 92.5 Å². The van der Waals surface area contributed by atoms with E-state index in [2.05, 4.69) is 16.9 Å². The number of hydrogen-bond acceptors (Lipinski definition) is 10. The monoisotopic (exact) mass is 782 g/mol. The molecule has 7 rings (SSSR count). The molecule has 4 fully saturated rings. The lowest BCUT2D eigenvalue weighted by Gasteiger charge is -2.52. The zero-order valence-corrected chi connectivity index (χ0v) is 30.1. The number of phenolic OH excluding ortho intramolecular Hbond substituents is 1. The number of phenols is 1. The fourth-order valence-electron chi connectivity index (χ4n) is 7.53. The minimum Gasteiger partial charge on any atom is -0.505 e. The zero-order chi connectivity index (χ0) is 46.4. The van der Waals surface area contributed by atoms with E-state index in [1.807, 2.05) is 6.92 Å². The third kappa shape index (κ3) is 7.35. The summed E-state index contributed by atoms with van der Waals surface area (Å²) in [6.45, 7) is 6.39. The molecule has 0 aromatic heterocycles. The topological polar surface area (TPSA) is 148 Å². The maximum atomic E-state index is 14.9. The van der Waals surface area contributed by atoms with E-state index in [0.717, 1.165) is 31.4 Å². The van der Waals surface area contributed by atoms with Crippen molar-refractivity contribution in [2.24, 2.45) is 28.5 Å². The van der Waals surface area contributed by atoms with Gasteiger partial charge >= 0.3 is 0 Å². The van der Waals surface area contributed by atoms with Crippen LogP contribution in [0.25, 0.3) is 0 Å². The van der Waals surface area contributed by atoms with Gasteiger partial charge in [0.05, 0.1) is 50.5 Å². The third-order valence-corrected chi connectivity index (χ3v) is 10.9. The molecule has 16 heteroatoms. The number of benzene rings is 2. The van der Waals surface area contributed by atoms with Gasteiger partial charge in [0, 0.05) is 57.8 Å². The van der Waals surface area contributed by atoms with E-state index >= 15 is 0 Å². The molecule has 306 valence electrons. The molecule has 4 N–H and O–H groups in total. The van der Waals surface area contributed by atoms with E-state index in [0.29, 0.717) is 31.6 Å². The summed E-state index contributed by atoms with van der Waals surface area (Å²) in [6.07, 6.45) is 3.06. The van der Waals surface area contributed by atoms with Crippen molar-refractivity contribution in [2.45, 2.75) is 69.7 Å². The van der Waals surface area contributed by atoms with Crippen LogP contribution >= 0.6 is 0 Å². The summed E-state index contributed by atoms with van der Waals surface area (Å²) in [7, 11) is 4.64. The highest BCUT2D eigenvalue weighted by atomic mass is 19.1. The van der Waals surface area contributed by atoms with E-state index in [4.69, 9.17) is 36.6 Å². The molecule has 0 bridgehead atoms. The molecule has 5 aliphatic rings. The van der Waals surface area contributed by atoms with Gasteiger partial charge in [0.1, 0.15) is 28.5 Å². The lowest BCUT2D eigenvalue weighted by atomic mass is 9.71. The van der Waals surface area contributed by atoms with Gasteiger partial charge in [-0.2, -0.15) is 0 Å². The van der Waals surface area contributed by atoms with Crippen molar-refractivity contribution in [1.29, 1.82) is 0 Å². The van der Waals surface area contributed by atoms with Gasteiger partial charge in [-0.3, -0.25) is 14.5 Å². The number of ether oxygens (including phenoxy) is 4. The molecule has 0 spiro atoms. The van der Waals surface area contributed by atoms with Crippen molar-refractivity contribution in [3.05, 3.63) is 71.1 Å². The number of nitrogens with one attached hydrogen (secondary N) is 1.